The lowest BCUT2D eigenvalue weighted by Crippen LogP contribution is -2.27. The molecule has 0 fully saturated rings. The van der Waals surface area contributed by atoms with Crippen LogP contribution in [0, 0.1) is 0 Å². The minimum absolute atomic E-state index is 0.0469. The Bertz CT molecular complexity index is 850. The second-order valence-electron chi connectivity index (χ2n) is 6.39. The van der Waals surface area contributed by atoms with E-state index in [-0.39, 0.29) is 17.9 Å². The van der Waals surface area contributed by atoms with E-state index in [9.17, 15) is 4.79 Å². The number of hydrogen-bond donors (Lipinski definition) is 1. The quantitative estimate of drug-likeness (QED) is 0.925. The summed E-state index contributed by atoms with van der Waals surface area (Å²) < 4.78 is 10.6. The minimum Gasteiger partial charge on any atom is -0.497 e. The molecule has 2 atom stereocenters. The molecule has 4 rings (SSSR count). The number of benzene rings is 1. The van der Waals surface area contributed by atoms with Crippen LogP contribution in [-0.4, -0.2) is 18.2 Å². The van der Waals surface area contributed by atoms with E-state index in [0.29, 0.717) is 11.5 Å². The summed E-state index contributed by atoms with van der Waals surface area (Å²) in [5.41, 5.74) is 2.84. The molecule has 25 heavy (non-hydrogen) atoms. The van der Waals surface area contributed by atoms with Crippen molar-refractivity contribution in [1.29, 1.82) is 0 Å². The third kappa shape index (κ3) is 3.09. The van der Waals surface area contributed by atoms with Gasteiger partial charge in [0, 0.05) is 12.0 Å². The van der Waals surface area contributed by atoms with Crippen LogP contribution in [0.3, 0.4) is 0 Å². The minimum atomic E-state index is -0.190. The smallest absolute Gasteiger partial charge is 0.273 e. The first kappa shape index (κ1) is 15.7. The third-order valence-electron chi connectivity index (χ3n) is 4.87. The normalized spacial score (nSPS) is 21.6. The SMILES string of the molecule is COC1=CCC(c2cc(C(=O)NC3CCc4ccccc43)no2)C=C1. The van der Waals surface area contributed by atoms with Crippen molar-refractivity contribution in [2.45, 2.75) is 31.2 Å². The van der Waals surface area contributed by atoms with E-state index in [2.05, 4.69) is 22.6 Å². The molecule has 1 aromatic heterocycles. The Kier molecular flexibility index (Phi) is 4.14. The van der Waals surface area contributed by atoms with Crippen LogP contribution in [0.25, 0.3) is 0 Å². The van der Waals surface area contributed by atoms with Crippen molar-refractivity contribution in [3.63, 3.8) is 0 Å². The summed E-state index contributed by atoms with van der Waals surface area (Å²) in [4.78, 5) is 12.5. The number of methoxy groups -OCH3 is 1. The molecule has 1 heterocycles. The van der Waals surface area contributed by atoms with Crippen molar-refractivity contribution in [3.8, 4) is 0 Å². The molecule has 2 unspecified atom stereocenters. The fourth-order valence-electron chi connectivity index (χ4n) is 3.47. The average Bonchev–Trinajstić information content (AvgIpc) is 3.30. The Balaban J connectivity index is 1.44. The van der Waals surface area contributed by atoms with Crippen molar-refractivity contribution in [2.24, 2.45) is 0 Å². The molecule has 0 spiro atoms. The number of nitrogens with zero attached hydrogens (tertiary/aromatic N) is 1. The monoisotopic (exact) mass is 336 g/mol. The third-order valence-corrected chi connectivity index (χ3v) is 4.87. The van der Waals surface area contributed by atoms with Gasteiger partial charge >= 0.3 is 0 Å². The largest absolute Gasteiger partial charge is 0.497 e. The van der Waals surface area contributed by atoms with E-state index in [1.165, 1.54) is 11.1 Å². The lowest BCUT2D eigenvalue weighted by molar-refractivity contribution is 0.0927. The molecular formula is C20H20N2O3. The van der Waals surface area contributed by atoms with Crippen molar-refractivity contribution in [2.75, 3.05) is 7.11 Å². The van der Waals surface area contributed by atoms with Gasteiger partial charge in [0.2, 0.25) is 0 Å². The summed E-state index contributed by atoms with van der Waals surface area (Å²) in [6, 6.07) is 10.0. The Hall–Kier alpha value is -2.82. The number of carbonyl (C=O) groups excluding carboxylic acids is 1. The maximum absolute atomic E-state index is 12.5. The van der Waals surface area contributed by atoms with Gasteiger partial charge in [-0.25, -0.2) is 0 Å². The second-order valence-corrected chi connectivity index (χ2v) is 6.39. The van der Waals surface area contributed by atoms with E-state index >= 15 is 0 Å². The fraction of sp³-hybridized carbons (Fsp3) is 0.300. The molecule has 0 bridgehead atoms. The van der Waals surface area contributed by atoms with E-state index in [4.69, 9.17) is 9.26 Å². The molecule has 5 nitrogen and oxygen atoms in total. The number of aromatic nitrogens is 1. The zero-order chi connectivity index (χ0) is 17.2. The molecule has 0 saturated carbocycles. The zero-order valence-electron chi connectivity index (χ0n) is 14.1. The highest BCUT2D eigenvalue weighted by Gasteiger charge is 2.26. The summed E-state index contributed by atoms with van der Waals surface area (Å²) in [6.45, 7) is 0. The molecule has 0 saturated heterocycles. The molecule has 2 aliphatic carbocycles. The van der Waals surface area contributed by atoms with Gasteiger partial charge in [0.1, 0.15) is 11.5 Å². The average molecular weight is 336 g/mol. The topological polar surface area (TPSA) is 64.4 Å². The number of rotatable bonds is 4. The van der Waals surface area contributed by atoms with Crippen molar-refractivity contribution >= 4 is 5.91 Å². The van der Waals surface area contributed by atoms with Gasteiger partial charge in [-0.05, 0) is 42.5 Å². The Labute approximate surface area is 146 Å². The number of nitrogens with one attached hydrogen (secondary N) is 1. The van der Waals surface area contributed by atoms with E-state index < -0.39 is 0 Å². The number of ether oxygens (including phenoxy) is 1. The summed E-state index contributed by atoms with van der Waals surface area (Å²) in [6.07, 6.45) is 8.60. The first-order valence-electron chi connectivity index (χ1n) is 8.52. The lowest BCUT2D eigenvalue weighted by atomic mass is 9.97. The van der Waals surface area contributed by atoms with Gasteiger partial charge in [-0.2, -0.15) is 0 Å². The van der Waals surface area contributed by atoms with Gasteiger partial charge < -0.3 is 14.6 Å². The van der Waals surface area contributed by atoms with Gasteiger partial charge in [0.25, 0.3) is 5.91 Å². The molecule has 2 aromatic rings. The maximum atomic E-state index is 12.5. The van der Waals surface area contributed by atoms with Crippen LogP contribution in [0.15, 0.2) is 58.8 Å². The van der Waals surface area contributed by atoms with E-state index in [1.807, 2.05) is 30.4 Å². The highest BCUT2D eigenvalue weighted by molar-refractivity contribution is 5.92. The van der Waals surface area contributed by atoms with Gasteiger partial charge in [-0.15, -0.1) is 0 Å². The standard InChI is InChI=1S/C20H20N2O3/c1-24-15-9-6-14(7-10-15)19-12-18(22-25-19)20(23)21-17-11-8-13-4-2-3-5-16(13)17/h2-6,9-10,12,14,17H,7-8,11H2,1H3,(H,21,23). The predicted octanol–water partition coefficient (Wildman–Crippen LogP) is 3.67. The number of allylic oxidation sites excluding steroid dienone is 3. The van der Waals surface area contributed by atoms with Gasteiger partial charge in [-0.1, -0.05) is 35.5 Å². The van der Waals surface area contributed by atoms with Gasteiger partial charge in [-0.3, -0.25) is 4.79 Å². The van der Waals surface area contributed by atoms with Crippen LogP contribution in [0.5, 0.6) is 0 Å². The molecule has 1 amide bonds. The number of aryl methyl sites for hydroxylation is 1. The molecule has 0 aliphatic heterocycles. The molecule has 2 aliphatic rings. The highest BCUT2D eigenvalue weighted by Crippen LogP contribution is 2.31. The second kappa shape index (κ2) is 6.59. The van der Waals surface area contributed by atoms with Crippen molar-refractivity contribution in [1.82, 2.24) is 10.5 Å². The first-order chi connectivity index (χ1) is 12.2. The number of carbonyl (C=O) groups is 1. The molecule has 5 heteroatoms. The van der Waals surface area contributed by atoms with Crippen LogP contribution in [0.4, 0.5) is 0 Å². The number of fused-ring (bicyclic) bond motifs is 1. The Morgan fingerprint density at radius 2 is 2.24 bits per heavy atom. The molecule has 1 aromatic carbocycles. The molecule has 128 valence electrons. The van der Waals surface area contributed by atoms with Crippen LogP contribution in [0.2, 0.25) is 0 Å². The highest BCUT2D eigenvalue weighted by atomic mass is 16.5. The summed E-state index contributed by atoms with van der Waals surface area (Å²) in [5, 5.41) is 7.03. The maximum Gasteiger partial charge on any atom is 0.273 e. The summed E-state index contributed by atoms with van der Waals surface area (Å²) >= 11 is 0. The fourth-order valence-corrected chi connectivity index (χ4v) is 3.47. The summed E-state index contributed by atoms with van der Waals surface area (Å²) in [5.74, 6) is 1.43. The van der Waals surface area contributed by atoms with Crippen LogP contribution >= 0.6 is 0 Å². The van der Waals surface area contributed by atoms with Crippen LogP contribution < -0.4 is 5.32 Å². The van der Waals surface area contributed by atoms with Crippen LogP contribution in [-0.2, 0) is 11.2 Å². The van der Waals surface area contributed by atoms with Gasteiger partial charge in [0.15, 0.2) is 5.69 Å². The zero-order valence-corrected chi connectivity index (χ0v) is 14.1. The number of amides is 1. The Morgan fingerprint density at radius 1 is 1.36 bits per heavy atom. The molecular weight excluding hydrogens is 316 g/mol. The molecule has 0 radical (unpaired) electrons. The van der Waals surface area contributed by atoms with Crippen molar-refractivity contribution < 1.29 is 14.1 Å². The first-order valence-corrected chi connectivity index (χ1v) is 8.52. The van der Waals surface area contributed by atoms with Crippen molar-refractivity contribution in [3.05, 3.63) is 76.9 Å². The Morgan fingerprint density at radius 3 is 3.04 bits per heavy atom. The van der Waals surface area contributed by atoms with Gasteiger partial charge in [0.05, 0.1) is 13.2 Å². The van der Waals surface area contributed by atoms with E-state index in [0.717, 1.165) is 25.0 Å². The van der Waals surface area contributed by atoms with Crippen LogP contribution in [0.1, 0.15) is 52.2 Å². The summed E-state index contributed by atoms with van der Waals surface area (Å²) in [7, 11) is 1.65. The number of hydrogen-bond acceptors (Lipinski definition) is 4. The lowest BCUT2D eigenvalue weighted by Gasteiger charge is -2.13. The molecule has 1 N–H and O–H groups in total. The van der Waals surface area contributed by atoms with E-state index in [1.54, 1.807) is 13.2 Å². The predicted molar refractivity (Wildman–Crippen MR) is 93.1 cm³/mol.